The van der Waals surface area contributed by atoms with E-state index in [1.54, 1.807) is 37.0 Å². The summed E-state index contributed by atoms with van der Waals surface area (Å²) in [6.45, 7) is 8.59. The number of carbonyl (C=O) groups excluding carboxylic acids is 1. The molecule has 12 heteroatoms. The summed E-state index contributed by atoms with van der Waals surface area (Å²) in [5.41, 5.74) is 1.13. The molecular weight excluding hydrogens is 524 g/mol. The molecule has 0 aromatic carbocycles. The second kappa shape index (κ2) is 11.1. The second-order valence-electron chi connectivity index (χ2n) is 11.1. The molecule has 0 unspecified atom stereocenters. The average molecular weight is 559 g/mol. The fraction of sp³-hybridized carbons (Fsp3) is 0.448. The van der Waals surface area contributed by atoms with Gasteiger partial charge in [-0.25, -0.2) is 9.59 Å². The summed E-state index contributed by atoms with van der Waals surface area (Å²) in [6, 6.07) is 5.32. The van der Waals surface area contributed by atoms with E-state index in [1.807, 2.05) is 37.8 Å². The van der Waals surface area contributed by atoms with Crippen molar-refractivity contribution in [3.8, 4) is 11.8 Å². The third-order valence-electron chi connectivity index (χ3n) is 6.90. The molecule has 1 fully saturated rings. The predicted molar refractivity (Wildman–Crippen MR) is 156 cm³/mol. The van der Waals surface area contributed by atoms with E-state index < -0.39 is 22.9 Å². The molecule has 1 aliphatic rings. The zero-order valence-corrected chi connectivity index (χ0v) is 24.0. The minimum atomic E-state index is -0.602. The summed E-state index contributed by atoms with van der Waals surface area (Å²) in [4.78, 5) is 55.3. The quantitative estimate of drug-likeness (QED) is 0.370. The Labute approximate surface area is 237 Å². The van der Waals surface area contributed by atoms with Gasteiger partial charge in [0.05, 0.1) is 24.1 Å². The van der Waals surface area contributed by atoms with Crippen molar-refractivity contribution in [3.05, 3.63) is 57.0 Å². The van der Waals surface area contributed by atoms with Gasteiger partial charge in [0.15, 0.2) is 11.2 Å². The predicted octanol–water partition coefficient (Wildman–Crippen LogP) is 2.40. The van der Waals surface area contributed by atoms with Crippen LogP contribution in [0.25, 0.3) is 22.2 Å². The number of piperidine rings is 1. The zero-order valence-electron chi connectivity index (χ0n) is 24.0. The maximum absolute atomic E-state index is 13.9. The van der Waals surface area contributed by atoms with E-state index in [1.165, 1.54) is 9.13 Å². The van der Waals surface area contributed by atoms with Crippen LogP contribution in [0.4, 0.5) is 10.7 Å². The van der Waals surface area contributed by atoms with Crippen molar-refractivity contribution in [1.29, 1.82) is 0 Å². The Morgan fingerprint density at radius 2 is 2.00 bits per heavy atom. The van der Waals surface area contributed by atoms with Crippen LogP contribution < -0.4 is 21.5 Å². The largest absolute Gasteiger partial charge is 0.444 e. The van der Waals surface area contributed by atoms with Gasteiger partial charge in [0.2, 0.25) is 5.95 Å². The standard InChI is InChI=1S/C29H34N8O4/c1-6-7-14-36-23-24(33-26(36)35-13-9-10-20(18-35)32-27(39)41-29(2,3)4)34(5)28(40)37(25(23)38)17-19-15-22-21(31-16-19)11-8-12-30-22/h8,11-12,15-16,20H,9-10,13-14,17-18H2,1-5H3,(H,32,39)/t20-/m1/s1. The van der Waals surface area contributed by atoms with Crippen LogP contribution in [0.2, 0.25) is 0 Å². The van der Waals surface area contributed by atoms with Gasteiger partial charge in [0, 0.05) is 38.6 Å². The van der Waals surface area contributed by atoms with E-state index in [2.05, 4.69) is 27.1 Å². The first kappa shape index (κ1) is 27.9. The molecule has 0 saturated carbocycles. The Bertz CT molecular complexity index is 1800. The van der Waals surface area contributed by atoms with Crippen LogP contribution in [0.1, 0.15) is 46.1 Å². The molecule has 4 aromatic heterocycles. The van der Waals surface area contributed by atoms with Crippen LogP contribution in [0.15, 0.2) is 40.2 Å². The third kappa shape index (κ3) is 5.79. The van der Waals surface area contributed by atoms with Gasteiger partial charge in [-0.1, -0.05) is 5.92 Å². The minimum Gasteiger partial charge on any atom is -0.444 e. The molecule has 12 nitrogen and oxygen atoms in total. The number of rotatable bonds is 5. The lowest BCUT2D eigenvalue weighted by Crippen LogP contribution is -2.49. The summed E-state index contributed by atoms with van der Waals surface area (Å²) < 4.78 is 9.79. The SMILES string of the molecule is CC#CCn1c(N2CCC[C@@H](NC(=O)OC(C)(C)C)C2)nc2c1c(=O)n(Cc1cnc3cccnc3c1)c(=O)n2C. The van der Waals surface area contributed by atoms with Gasteiger partial charge in [-0.2, -0.15) is 4.98 Å². The first-order chi connectivity index (χ1) is 19.6. The Morgan fingerprint density at radius 1 is 1.20 bits per heavy atom. The lowest BCUT2D eigenvalue weighted by molar-refractivity contribution is 0.0499. The first-order valence-corrected chi connectivity index (χ1v) is 13.6. The highest BCUT2D eigenvalue weighted by Gasteiger charge is 2.29. The molecule has 5 heterocycles. The Balaban J connectivity index is 1.54. The van der Waals surface area contributed by atoms with Crippen LogP contribution in [-0.2, 0) is 24.9 Å². The number of amides is 1. The number of nitrogens with zero attached hydrogens (tertiary/aromatic N) is 7. The van der Waals surface area contributed by atoms with Crippen molar-refractivity contribution in [2.75, 3.05) is 18.0 Å². The van der Waals surface area contributed by atoms with Gasteiger partial charge < -0.3 is 15.0 Å². The molecule has 41 heavy (non-hydrogen) atoms. The number of alkyl carbamates (subject to hydrolysis) is 1. The van der Waals surface area contributed by atoms with Gasteiger partial charge in [-0.3, -0.25) is 28.5 Å². The molecule has 5 rings (SSSR count). The van der Waals surface area contributed by atoms with E-state index >= 15 is 0 Å². The number of nitrogens with one attached hydrogen (secondary N) is 1. The van der Waals surface area contributed by atoms with Crippen molar-refractivity contribution in [3.63, 3.8) is 0 Å². The molecule has 4 aromatic rings. The van der Waals surface area contributed by atoms with E-state index in [9.17, 15) is 14.4 Å². The molecular formula is C29H34N8O4. The highest BCUT2D eigenvalue weighted by atomic mass is 16.6. The summed E-state index contributed by atoms with van der Waals surface area (Å²) in [5, 5.41) is 2.95. The van der Waals surface area contributed by atoms with Gasteiger partial charge in [-0.05, 0) is 64.3 Å². The van der Waals surface area contributed by atoms with Crippen LogP contribution in [-0.4, -0.2) is 59.5 Å². The number of aryl methyl sites for hydroxylation is 1. The molecule has 0 bridgehead atoms. The maximum atomic E-state index is 13.9. The molecule has 0 spiro atoms. The van der Waals surface area contributed by atoms with Crippen LogP contribution in [0.5, 0.6) is 0 Å². The van der Waals surface area contributed by atoms with E-state index in [4.69, 9.17) is 9.72 Å². The normalized spacial score (nSPS) is 15.5. The van der Waals surface area contributed by atoms with Crippen LogP contribution in [0, 0.1) is 11.8 Å². The number of anilines is 1. The lowest BCUT2D eigenvalue weighted by atomic mass is 10.1. The number of fused-ring (bicyclic) bond motifs is 2. The van der Waals surface area contributed by atoms with Gasteiger partial charge in [0.1, 0.15) is 5.60 Å². The fourth-order valence-corrected chi connectivity index (χ4v) is 5.06. The fourth-order valence-electron chi connectivity index (χ4n) is 5.06. The van der Waals surface area contributed by atoms with Crippen molar-refractivity contribution in [2.24, 2.45) is 7.05 Å². The van der Waals surface area contributed by atoms with Gasteiger partial charge in [-0.15, -0.1) is 5.92 Å². The number of hydrogen-bond donors (Lipinski definition) is 1. The summed E-state index contributed by atoms with van der Waals surface area (Å²) in [6.07, 6.45) is 4.43. The van der Waals surface area contributed by atoms with Crippen LogP contribution in [0.3, 0.4) is 0 Å². The minimum absolute atomic E-state index is 0.0343. The maximum Gasteiger partial charge on any atom is 0.407 e. The molecule has 1 amide bonds. The number of imidazole rings is 1. The average Bonchev–Trinajstić information content (AvgIpc) is 3.32. The highest BCUT2D eigenvalue weighted by molar-refractivity contribution is 5.76. The third-order valence-corrected chi connectivity index (χ3v) is 6.90. The van der Waals surface area contributed by atoms with Crippen molar-refractivity contribution < 1.29 is 9.53 Å². The van der Waals surface area contributed by atoms with E-state index in [-0.39, 0.29) is 24.8 Å². The number of carbonyl (C=O) groups is 1. The highest BCUT2D eigenvalue weighted by Crippen LogP contribution is 2.24. The lowest BCUT2D eigenvalue weighted by Gasteiger charge is -2.34. The van der Waals surface area contributed by atoms with Crippen molar-refractivity contribution >= 4 is 34.2 Å². The Hall–Kier alpha value is -4.66. The molecule has 1 saturated heterocycles. The smallest absolute Gasteiger partial charge is 0.407 e. The van der Waals surface area contributed by atoms with E-state index in [0.29, 0.717) is 35.6 Å². The molecule has 0 radical (unpaired) electrons. The summed E-state index contributed by atoms with van der Waals surface area (Å²) in [5.74, 6) is 6.46. The number of aromatic nitrogens is 6. The van der Waals surface area contributed by atoms with Crippen molar-refractivity contribution in [1.82, 2.24) is 34.0 Å². The number of pyridine rings is 2. The summed E-state index contributed by atoms with van der Waals surface area (Å²) in [7, 11) is 1.61. The van der Waals surface area contributed by atoms with Gasteiger partial charge in [0.25, 0.3) is 5.56 Å². The molecule has 0 aliphatic carbocycles. The monoisotopic (exact) mass is 558 g/mol. The Morgan fingerprint density at radius 3 is 2.76 bits per heavy atom. The topological polar surface area (TPSA) is 129 Å². The molecule has 214 valence electrons. The van der Waals surface area contributed by atoms with Gasteiger partial charge >= 0.3 is 11.8 Å². The zero-order chi connectivity index (χ0) is 29.3. The second-order valence-corrected chi connectivity index (χ2v) is 11.1. The number of ether oxygens (including phenoxy) is 1. The van der Waals surface area contributed by atoms with Crippen molar-refractivity contribution in [2.45, 2.75) is 65.3 Å². The molecule has 1 aliphatic heterocycles. The van der Waals surface area contributed by atoms with Crippen LogP contribution >= 0.6 is 0 Å². The number of hydrogen-bond acceptors (Lipinski definition) is 8. The molecule has 1 atom stereocenters. The Kier molecular flexibility index (Phi) is 7.53. The first-order valence-electron chi connectivity index (χ1n) is 13.6. The summed E-state index contributed by atoms with van der Waals surface area (Å²) >= 11 is 0. The molecule has 1 N–H and O–H groups in total. The van der Waals surface area contributed by atoms with E-state index in [0.717, 1.165) is 18.4 Å².